The maximum absolute atomic E-state index is 14.0. The summed E-state index contributed by atoms with van der Waals surface area (Å²) < 4.78 is 14.0. The number of carboxylic acids is 1. The smallest absolute Gasteiger partial charge is 0.338 e. The Morgan fingerprint density at radius 2 is 2.16 bits per heavy atom. The van der Waals surface area contributed by atoms with E-state index in [0.29, 0.717) is 23.9 Å². The Morgan fingerprint density at radius 3 is 2.79 bits per heavy atom. The van der Waals surface area contributed by atoms with Gasteiger partial charge in [0, 0.05) is 18.7 Å². The molecule has 4 heteroatoms. The molecule has 1 N–H and O–H groups in total. The van der Waals surface area contributed by atoms with Gasteiger partial charge in [0.25, 0.3) is 0 Å². The second-order valence-electron chi connectivity index (χ2n) is 5.56. The van der Waals surface area contributed by atoms with Crippen molar-refractivity contribution in [3.05, 3.63) is 35.1 Å². The molecule has 1 fully saturated rings. The molecule has 2 unspecified atom stereocenters. The van der Waals surface area contributed by atoms with E-state index in [1.54, 1.807) is 12.1 Å². The van der Waals surface area contributed by atoms with E-state index in [0.717, 1.165) is 19.5 Å². The Morgan fingerprint density at radius 1 is 1.42 bits per heavy atom. The Labute approximate surface area is 113 Å². The molecule has 19 heavy (non-hydrogen) atoms. The van der Waals surface area contributed by atoms with Crippen LogP contribution in [0.25, 0.3) is 0 Å². The first kappa shape index (κ1) is 14.0. The molecule has 0 radical (unpaired) electrons. The fourth-order valence-corrected chi connectivity index (χ4v) is 2.60. The second-order valence-corrected chi connectivity index (χ2v) is 5.56. The molecule has 1 aromatic carbocycles. The van der Waals surface area contributed by atoms with Crippen LogP contribution in [0.5, 0.6) is 0 Å². The van der Waals surface area contributed by atoms with Gasteiger partial charge >= 0.3 is 5.97 Å². The number of hydrogen-bond acceptors (Lipinski definition) is 2. The predicted molar refractivity (Wildman–Crippen MR) is 71.6 cm³/mol. The first-order chi connectivity index (χ1) is 8.99. The number of likely N-dealkylation sites (tertiary alicyclic amines) is 1. The molecule has 1 heterocycles. The zero-order valence-corrected chi connectivity index (χ0v) is 11.4. The van der Waals surface area contributed by atoms with Gasteiger partial charge in [-0.1, -0.05) is 26.0 Å². The highest BCUT2D eigenvalue weighted by molar-refractivity contribution is 5.88. The van der Waals surface area contributed by atoms with E-state index in [9.17, 15) is 9.18 Å². The average molecular weight is 265 g/mol. The number of nitrogens with zero attached hydrogens (tertiary/aromatic N) is 1. The first-order valence-corrected chi connectivity index (χ1v) is 6.72. The van der Waals surface area contributed by atoms with Crippen LogP contribution in [0.15, 0.2) is 18.2 Å². The van der Waals surface area contributed by atoms with Gasteiger partial charge in [0.05, 0.1) is 5.56 Å². The van der Waals surface area contributed by atoms with E-state index in [-0.39, 0.29) is 5.56 Å². The number of benzene rings is 1. The van der Waals surface area contributed by atoms with Crippen molar-refractivity contribution in [3.8, 4) is 0 Å². The number of halogens is 1. The summed E-state index contributed by atoms with van der Waals surface area (Å²) in [5, 5.41) is 8.92. The number of hydrogen-bond donors (Lipinski definition) is 1. The molecular weight excluding hydrogens is 245 g/mol. The van der Waals surface area contributed by atoms with Crippen LogP contribution >= 0.6 is 0 Å². The number of carboxylic acid groups (broad SMARTS) is 1. The van der Waals surface area contributed by atoms with Crippen LogP contribution in [0.4, 0.5) is 4.39 Å². The third-order valence-corrected chi connectivity index (χ3v) is 4.12. The lowest BCUT2D eigenvalue weighted by Gasteiger charge is -2.35. The molecule has 0 aliphatic carbocycles. The minimum Gasteiger partial charge on any atom is -0.478 e. The monoisotopic (exact) mass is 265 g/mol. The van der Waals surface area contributed by atoms with Gasteiger partial charge in [-0.3, -0.25) is 4.90 Å². The topological polar surface area (TPSA) is 40.5 Å². The average Bonchev–Trinajstić information content (AvgIpc) is 2.36. The highest BCUT2D eigenvalue weighted by atomic mass is 19.1. The predicted octanol–water partition coefficient (Wildman–Crippen LogP) is 3.00. The minimum atomic E-state index is -1.21. The molecule has 0 amide bonds. The van der Waals surface area contributed by atoms with Gasteiger partial charge in [0.1, 0.15) is 5.82 Å². The normalized spacial score (nSPS) is 24.4. The summed E-state index contributed by atoms with van der Waals surface area (Å²) in [6, 6.07) is 4.59. The van der Waals surface area contributed by atoms with E-state index < -0.39 is 11.8 Å². The molecule has 0 aromatic heterocycles. The van der Waals surface area contributed by atoms with Crippen LogP contribution in [0.2, 0.25) is 0 Å². The van der Waals surface area contributed by atoms with Gasteiger partial charge in [0.2, 0.25) is 0 Å². The van der Waals surface area contributed by atoms with Gasteiger partial charge in [-0.25, -0.2) is 9.18 Å². The lowest BCUT2D eigenvalue weighted by Crippen LogP contribution is -2.38. The molecule has 0 bridgehead atoms. The zero-order chi connectivity index (χ0) is 14.0. The summed E-state index contributed by atoms with van der Waals surface area (Å²) in [5.74, 6) is -0.507. The molecule has 1 aliphatic rings. The van der Waals surface area contributed by atoms with Crippen molar-refractivity contribution in [2.75, 3.05) is 13.1 Å². The van der Waals surface area contributed by atoms with E-state index in [4.69, 9.17) is 5.11 Å². The molecule has 104 valence electrons. The Kier molecular flexibility index (Phi) is 4.20. The fourth-order valence-electron chi connectivity index (χ4n) is 2.60. The van der Waals surface area contributed by atoms with Crippen molar-refractivity contribution in [1.29, 1.82) is 0 Å². The zero-order valence-electron chi connectivity index (χ0n) is 11.4. The molecule has 3 nitrogen and oxygen atoms in total. The van der Waals surface area contributed by atoms with Crippen LogP contribution < -0.4 is 0 Å². The summed E-state index contributed by atoms with van der Waals surface area (Å²) in [6.07, 6.45) is 1.11. The Bertz CT molecular complexity index is 475. The van der Waals surface area contributed by atoms with E-state index in [2.05, 4.69) is 18.7 Å². The molecule has 1 aromatic rings. The first-order valence-electron chi connectivity index (χ1n) is 6.72. The maximum Gasteiger partial charge on any atom is 0.338 e. The maximum atomic E-state index is 14.0. The summed E-state index contributed by atoms with van der Waals surface area (Å²) in [6.45, 7) is 6.83. The van der Waals surface area contributed by atoms with E-state index in [1.807, 2.05) is 0 Å². The van der Waals surface area contributed by atoms with Gasteiger partial charge in [0.15, 0.2) is 0 Å². The molecule has 0 spiro atoms. The van der Waals surface area contributed by atoms with Crippen molar-refractivity contribution < 1.29 is 14.3 Å². The SMILES string of the molecule is CC1CCN(Cc2cccc(C(=O)O)c2F)CC1C. The largest absolute Gasteiger partial charge is 0.478 e. The van der Waals surface area contributed by atoms with Gasteiger partial charge in [-0.05, 0) is 30.9 Å². The lowest BCUT2D eigenvalue weighted by atomic mass is 9.88. The van der Waals surface area contributed by atoms with Crippen molar-refractivity contribution >= 4 is 5.97 Å². The molecule has 2 rings (SSSR count). The molecule has 1 aliphatic heterocycles. The van der Waals surface area contributed by atoms with Crippen molar-refractivity contribution in [2.45, 2.75) is 26.8 Å². The number of piperidine rings is 1. The highest BCUT2D eigenvalue weighted by Gasteiger charge is 2.24. The third-order valence-electron chi connectivity index (χ3n) is 4.12. The van der Waals surface area contributed by atoms with Crippen LogP contribution in [0.1, 0.15) is 36.2 Å². The number of carbonyl (C=O) groups is 1. The summed E-state index contributed by atoms with van der Waals surface area (Å²) in [4.78, 5) is 13.1. The molecule has 2 atom stereocenters. The fraction of sp³-hybridized carbons (Fsp3) is 0.533. The quantitative estimate of drug-likeness (QED) is 0.913. The summed E-state index contributed by atoms with van der Waals surface area (Å²) >= 11 is 0. The summed E-state index contributed by atoms with van der Waals surface area (Å²) in [5.41, 5.74) is 0.234. The highest BCUT2D eigenvalue weighted by Crippen LogP contribution is 2.24. The Hall–Kier alpha value is -1.42. The third kappa shape index (κ3) is 3.13. The number of aromatic carboxylic acids is 1. The van der Waals surface area contributed by atoms with Gasteiger partial charge in [-0.2, -0.15) is 0 Å². The second kappa shape index (κ2) is 5.70. The molecule has 0 saturated carbocycles. The van der Waals surface area contributed by atoms with Crippen LogP contribution in [0.3, 0.4) is 0 Å². The number of rotatable bonds is 3. The standard InChI is InChI=1S/C15H20FNO2/c1-10-6-7-17(8-11(10)2)9-12-4-3-5-13(14(12)16)15(18)19/h3-5,10-11H,6-9H2,1-2H3,(H,18,19). The minimum absolute atomic E-state index is 0.240. The summed E-state index contributed by atoms with van der Waals surface area (Å²) in [7, 11) is 0. The van der Waals surface area contributed by atoms with Crippen molar-refractivity contribution in [2.24, 2.45) is 11.8 Å². The van der Waals surface area contributed by atoms with Crippen LogP contribution in [-0.4, -0.2) is 29.1 Å². The van der Waals surface area contributed by atoms with Gasteiger partial charge in [-0.15, -0.1) is 0 Å². The van der Waals surface area contributed by atoms with Crippen LogP contribution in [-0.2, 0) is 6.54 Å². The lowest BCUT2D eigenvalue weighted by molar-refractivity contribution is 0.0691. The van der Waals surface area contributed by atoms with E-state index in [1.165, 1.54) is 6.07 Å². The van der Waals surface area contributed by atoms with E-state index >= 15 is 0 Å². The molecular formula is C15H20FNO2. The Balaban J connectivity index is 2.11. The van der Waals surface area contributed by atoms with Crippen molar-refractivity contribution in [3.63, 3.8) is 0 Å². The molecule has 1 saturated heterocycles. The van der Waals surface area contributed by atoms with Crippen LogP contribution in [0, 0.1) is 17.7 Å². The van der Waals surface area contributed by atoms with Crippen molar-refractivity contribution in [1.82, 2.24) is 4.90 Å². The van der Waals surface area contributed by atoms with Gasteiger partial charge < -0.3 is 5.11 Å².